The summed E-state index contributed by atoms with van der Waals surface area (Å²) < 4.78 is 11.1. The fourth-order valence-electron chi connectivity index (χ4n) is 4.66. The number of nitrogens with one attached hydrogen (secondary N) is 2. The second-order valence-corrected chi connectivity index (χ2v) is 8.56. The van der Waals surface area contributed by atoms with E-state index in [0.29, 0.717) is 26.1 Å². The fraction of sp³-hybridized carbons (Fsp3) is 0.346. The first-order valence-electron chi connectivity index (χ1n) is 11.3. The van der Waals surface area contributed by atoms with E-state index < -0.39 is 17.6 Å². The Hall–Kier alpha value is -3.65. The molecule has 8 heteroatoms. The number of amides is 2. The quantitative estimate of drug-likeness (QED) is 0.517. The van der Waals surface area contributed by atoms with Crippen LogP contribution in [-0.4, -0.2) is 55.0 Å². The van der Waals surface area contributed by atoms with Crippen molar-refractivity contribution in [2.24, 2.45) is 0 Å². The van der Waals surface area contributed by atoms with E-state index in [1.165, 1.54) is 6.08 Å². The van der Waals surface area contributed by atoms with Crippen molar-refractivity contribution in [3.63, 3.8) is 0 Å². The van der Waals surface area contributed by atoms with Crippen molar-refractivity contribution in [3.05, 3.63) is 71.8 Å². The first-order chi connectivity index (χ1) is 16.5. The molecule has 0 unspecified atom stereocenters. The summed E-state index contributed by atoms with van der Waals surface area (Å²) in [7, 11) is 0. The van der Waals surface area contributed by atoms with Crippen LogP contribution in [0.2, 0.25) is 0 Å². The lowest BCUT2D eigenvalue weighted by Crippen LogP contribution is -2.54. The van der Waals surface area contributed by atoms with Crippen molar-refractivity contribution in [2.75, 3.05) is 26.4 Å². The van der Waals surface area contributed by atoms with Crippen LogP contribution < -0.4 is 10.6 Å². The Labute approximate surface area is 198 Å². The van der Waals surface area contributed by atoms with Crippen LogP contribution in [0.5, 0.6) is 0 Å². The van der Waals surface area contributed by atoms with E-state index >= 15 is 0 Å². The smallest absolute Gasteiger partial charge is 0.407 e. The zero-order valence-electron chi connectivity index (χ0n) is 18.8. The summed E-state index contributed by atoms with van der Waals surface area (Å²) in [5.74, 6) is -1.41. The van der Waals surface area contributed by atoms with Crippen molar-refractivity contribution in [3.8, 4) is 11.1 Å². The lowest BCUT2D eigenvalue weighted by atomic mass is 9.86. The van der Waals surface area contributed by atoms with Crippen molar-refractivity contribution in [1.29, 1.82) is 0 Å². The van der Waals surface area contributed by atoms with E-state index in [2.05, 4.69) is 34.9 Å². The number of fused-ring (bicyclic) bond motifs is 3. The fourth-order valence-corrected chi connectivity index (χ4v) is 4.66. The standard InChI is InChI=1S/C26H28N2O6/c29-23(27-13-5-10-24(30)31)16-26(11-14-33-15-12-26)28-25(32)34-17-22-20-8-3-1-6-18(20)19-7-2-4-9-21(19)22/h1-10,22H,11-17H2,(H,27,29)(H,28,32)(H,30,31)/b10-5+. The highest BCUT2D eigenvalue weighted by atomic mass is 16.5. The number of hydrogen-bond acceptors (Lipinski definition) is 5. The highest BCUT2D eigenvalue weighted by Gasteiger charge is 2.37. The molecule has 2 aromatic rings. The first-order valence-corrected chi connectivity index (χ1v) is 11.3. The third kappa shape index (κ3) is 5.46. The van der Waals surface area contributed by atoms with E-state index in [4.69, 9.17) is 14.6 Å². The van der Waals surface area contributed by atoms with Crippen LogP contribution in [0.15, 0.2) is 60.7 Å². The summed E-state index contributed by atoms with van der Waals surface area (Å²) in [5.41, 5.74) is 3.79. The van der Waals surface area contributed by atoms with Crippen LogP contribution in [0, 0.1) is 0 Å². The summed E-state index contributed by atoms with van der Waals surface area (Å²) in [6.45, 7) is 1.15. The molecule has 1 aliphatic carbocycles. The number of carboxylic acid groups (broad SMARTS) is 1. The van der Waals surface area contributed by atoms with Crippen molar-refractivity contribution < 1.29 is 29.0 Å². The summed E-state index contributed by atoms with van der Waals surface area (Å²) in [6, 6.07) is 16.3. The first kappa shape index (κ1) is 23.5. The molecular weight excluding hydrogens is 436 g/mol. The minimum atomic E-state index is -1.08. The molecule has 1 heterocycles. The van der Waals surface area contributed by atoms with Gasteiger partial charge in [0.25, 0.3) is 0 Å². The van der Waals surface area contributed by atoms with Gasteiger partial charge in [-0.15, -0.1) is 0 Å². The predicted octanol–water partition coefficient (Wildman–Crippen LogP) is 3.22. The zero-order chi connectivity index (χ0) is 24.0. The monoisotopic (exact) mass is 464 g/mol. The Balaban J connectivity index is 1.38. The average Bonchev–Trinajstić information content (AvgIpc) is 3.14. The normalized spacial score (nSPS) is 16.5. The minimum Gasteiger partial charge on any atom is -0.478 e. The van der Waals surface area contributed by atoms with Gasteiger partial charge >= 0.3 is 12.1 Å². The second-order valence-electron chi connectivity index (χ2n) is 8.56. The van der Waals surface area contributed by atoms with E-state index in [0.717, 1.165) is 28.3 Å². The summed E-state index contributed by atoms with van der Waals surface area (Å²) in [4.78, 5) is 35.8. The highest BCUT2D eigenvalue weighted by molar-refractivity contribution is 5.81. The number of benzene rings is 2. The zero-order valence-corrected chi connectivity index (χ0v) is 18.8. The SMILES string of the molecule is O=C(O)/C=C/CNC(=O)CC1(NC(=O)OCC2c3ccccc3-c3ccccc32)CCOCC1. The number of alkyl carbamates (subject to hydrolysis) is 1. The molecule has 0 saturated carbocycles. The maximum absolute atomic E-state index is 12.8. The summed E-state index contributed by atoms with van der Waals surface area (Å²) in [5, 5.41) is 14.2. The van der Waals surface area contributed by atoms with Gasteiger partial charge in [-0.25, -0.2) is 9.59 Å². The molecule has 0 spiro atoms. The Morgan fingerprint density at radius 1 is 1.03 bits per heavy atom. The third-order valence-corrected chi connectivity index (χ3v) is 6.34. The number of carbonyl (C=O) groups excluding carboxylic acids is 2. The van der Waals surface area contributed by atoms with Gasteiger partial charge in [-0.3, -0.25) is 4.79 Å². The van der Waals surface area contributed by atoms with Crippen LogP contribution in [0.1, 0.15) is 36.3 Å². The Bertz CT molecular complexity index is 1040. The van der Waals surface area contributed by atoms with Crippen LogP contribution >= 0.6 is 0 Å². The topological polar surface area (TPSA) is 114 Å². The van der Waals surface area contributed by atoms with Crippen molar-refractivity contribution in [2.45, 2.75) is 30.7 Å². The molecular formula is C26H28N2O6. The Morgan fingerprint density at radius 3 is 2.26 bits per heavy atom. The molecule has 1 saturated heterocycles. The highest BCUT2D eigenvalue weighted by Crippen LogP contribution is 2.44. The number of hydrogen-bond donors (Lipinski definition) is 3. The predicted molar refractivity (Wildman–Crippen MR) is 125 cm³/mol. The maximum atomic E-state index is 12.8. The Morgan fingerprint density at radius 2 is 1.65 bits per heavy atom. The van der Waals surface area contributed by atoms with Crippen molar-refractivity contribution >= 4 is 18.0 Å². The molecule has 2 aliphatic rings. The summed E-state index contributed by atoms with van der Waals surface area (Å²) in [6.07, 6.45) is 2.78. The summed E-state index contributed by atoms with van der Waals surface area (Å²) >= 11 is 0. The second kappa shape index (κ2) is 10.5. The molecule has 0 bridgehead atoms. The van der Waals surface area contributed by atoms with Gasteiger partial charge in [-0.1, -0.05) is 54.6 Å². The molecule has 2 aromatic carbocycles. The molecule has 2 amide bonds. The van der Waals surface area contributed by atoms with Gasteiger partial charge < -0.3 is 25.2 Å². The molecule has 1 fully saturated rings. The van der Waals surface area contributed by atoms with Gasteiger partial charge in [0, 0.05) is 38.2 Å². The van der Waals surface area contributed by atoms with E-state index in [9.17, 15) is 14.4 Å². The number of carboxylic acids is 1. The molecule has 3 N–H and O–H groups in total. The van der Waals surface area contributed by atoms with Gasteiger partial charge in [-0.05, 0) is 35.1 Å². The number of ether oxygens (including phenoxy) is 2. The van der Waals surface area contributed by atoms with Gasteiger partial charge in [0.15, 0.2) is 0 Å². The van der Waals surface area contributed by atoms with Gasteiger partial charge in [0.2, 0.25) is 5.91 Å². The molecule has 0 radical (unpaired) electrons. The largest absolute Gasteiger partial charge is 0.478 e. The van der Waals surface area contributed by atoms with Gasteiger partial charge in [0.05, 0.1) is 5.54 Å². The van der Waals surface area contributed by atoms with E-state index in [-0.39, 0.29) is 31.4 Å². The third-order valence-electron chi connectivity index (χ3n) is 6.34. The molecule has 4 rings (SSSR count). The van der Waals surface area contributed by atoms with Crippen LogP contribution in [0.4, 0.5) is 4.79 Å². The molecule has 8 nitrogen and oxygen atoms in total. The lowest BCUT2D eigenvalue weighted by Gasteiger charge is -2.37. The average molecular weight is 465 g/mol. The molecule has 178 valence electrons. The number of aliphatic carboxylic acids is 1. The molecule has 34 heavy (non-hydrogen) atoms. The van der Waals surface area contributed by atoms with Crippen LogP contribution in [0.3, 0.4) is 0 Å². The number of rotatable bonds is 8. The van der Waals surface area contributed by atoms with E-state index in [1.54, 1.807) is 0 Å². The van der Waals surface area contributed by atoms with Crippen LogP contribution in [-0.2, 0) is 19.1 Å². The van der Waals surface area contributed by atoms with E-state index in [1.807, 2.05) is 24.3 Å². The Kier molecular flexibility index (Phi) is 7.27. The maximum Gasteiger partial charge on any atom is 0.407 e. The lowest BCUT2D eigenvalue weighted by molar-refractivity contribution is -0.131. The van der Waals surface area contributed by atoms with Crippen molar-refractivity contribution in [1.82, 2.24) is 10.6 Å². The molecule has 0 aromatic heterocycles. The van der Waals surface area contributed by atoms with Gasteiger partial charge in [0.1, 0.15) is 6.61 Å². The molecule has 1 aliphatic heterocycles. The minimum absolute atomic E-state index is 0.0480. The number of carbonyl (C=O) groups is 3. The van der Waals surface area contributed by atoms with Gasteiger partial charge in [-0.2, -0.15) is 0 Å². The van der Waals surface area contributed by atoms with Crippen LogP contribution in [0.25, 0.3) is 11.1 Å². The molecule has 0 atom stereocenters.